The lowest BCUT2D eigenvalue weighted by molar-refractivity contribution is 0.0709. The summed E-state index contributed by atoms with van der Waals surface area (Å²) < 4.78 is 0. The Kier molecular flexibility index (Phi) is 4.29. The Labute approximate surface area is 146 Å². The van der Waals surface area contributed by atoms with Crippen LogP contribution in [0.1, 0.15) is 41.8 Å². The summed E-state index contributed by atoms with van der Waals surface area (Å²) in [7, 11) is 1.86. The first-order valence-corrected chi connectivity index (χ1v) is 8.91. The van der Waals surface area contributed by atoms with Gasteiger partial charge in [0.25, 0.3) is 5.91 Å². The number of hydrogen-bond donors (Lipinski definition) is 0. The maximum atomic E-state index is 12.5. The van der Waals surface area contributed by atoms with Crippen LogP contribution in [0.3, 0.4) is 0 Å². The van der Waals surface area contributed by atoms with Gasteiger partial charge in [-0.15, -0.1) is 16.4 Å². The molecule has 0 atom stereocenters. The van der Waals surface area contributed by atoms with Gasteiger partial charge < -0.3 is 9.80 Å². The highest BCUT2D eigenvalue weighted by molar-refractivity contribution is 7.11. The highest BCUT2D eigenvalue weighted by atomic mass is 32.1. The molecule has 0 unspecified atom stereocenters. The van der Waals surface area contributed by atoms with Crippen molar-refractivity contribution in [3.63, 3.8) is 0 Å². The number of nitrogens with zero attached hydrogens (tertiary/aromatic N) is 5. The molecule has 3 heterocycles. The van der Waals surface area contributed by atoms with E-state index in [1.54, 1.807) is 5.51 Å². The van der Waals surface area contributed by atoms with Crippen molar-refractivity contribution in [2.45, 2.75) is 39.2 Å². The molecule has 1 aliphatic heterocycles. The Hall–Kier alpha value is -2.02. The van der Waals surface area contributed by atoms with E-state index in [0.29, 0.717) is 0 Å². The predicted octanol–water partition coefficient (Wildman–Crippen LogP) is 2.50. The average molecular weight is 345 g/mol. The van der Waals surface area contributed by atoms with Crippen molar-refractivity contribution >= 4 is 23.1 Å². The van der Waals surface area contributed by atoms with Gasteiger partial charge in [-0.1, -0.05) is 20.8 Å². The first-order chi connectivity index (χ1) is 11.3. The van der Waals surface area contributed by atoms with E-state index in [2.05, 4.69) is 40.9 Å². The third-order valence-electron chi connectivity index (χ3n) is 4.41. The van der Waals surface area contributed by atoms with Gasteiger partial charge in [0.15, 0.2) is 5.82 Å². The molecule has 1 amide bonds. The number of thiazole rings is 1. The van der Waals surface area contributed by atoms with Crippen LogP contribution in [0.15, 0.2) is 17.6 Å². The highest BCUT2D eigenvalue weighted by Gasteiger charge is 2.34. The van der Waals surface area contributed by atoms with Gasteiger partial charge in [0.05, 0.1) is 22.9 Å². The largest absolute Gasteiger partial charge is 0.351 e. The Morgan fingerprint density at radius 2 is 2.00 bits per heavy atom. The van der Waals surface area contributed by atoms with Crippen LogP contribution in [0, 0.1) is 6.92 Å². The van der Waals surface area contributed by atoms with Crippen LogP contribution in [0.2, 0.25) is 0 Å². The molecule has 0 aliphatic carbocycles. The van der Waals surface area contributed by atoms with Crippen molar-refractivity contribution < 1.29 is 4.79 Å². The average Bonchev–Trinajstić information content (AvgIpc) is 2.90. The lowest BCUT2D eigenvalue weighted by atomic mass is 9.92. The number of aromatic nitrogens is 3. The second-order valence-corrected chi connectivity index (χ2v) is 8.12. The SMILES string of the molecule is Cc1ncsc1C(=O)N(C)C1CN(c2ccc(C(C)(C)C)nn2)C1. The summed E-state index contributed by atoms with van der Waals surface area (Å²) in [4.78, 5) is 21.4. The number of carbonyl (C=O) groups excluding carboxylic acids is 1. The maximum absolute atomic E-state index is 12.5. The summed E-state index contributed by atoms with van der Waals surface area (Å²) in [5.74, 6) is 0.919. The predicted molar refractivity (Wildman–Crippen MR) is 95.7 cm³/mol. The summed E-state index contributed by atoms with van der Waals surface area (Å²) in [6, 6.07) is 4.24. The fourth-order valence-corrected chi connectivity index (χ4v) is 3.40. The van der Waals surface area contributed by atoms with Gasteiger partial charge in [0, 0.05) is 25.6 Å². The summed E-state index contributed by atoms with van der Waals surface area (Å²) in [6.45, 7) is 9.80. The molecule has 0 bridgehead atoms. The second kappa shape index (κ2) is 6.12. The van der Waals surface area contributed by atoms with Gasteiger partial charge in [-0.2, -0.15) is 5.10 Å². The molecule has 24 heavy (non-hydrogen) atoms. The van der Waals surface area contributed by atoms with Gasteiger partial charge in [0.2, 0.25) is 0 Å². The zero-order valence-electron chi connectivity index (χ0n) is 14.8. The molecule has 2 aromatic heterocycles. The molecular formula is C17H23N5OS. The molecule has 1 saturated heterocycles. The number of amides is 1. The highest BCUT2D eigenvalue weighted by Crippen LogP contribution is 2.25. The minimum Gasteiger partial charge on any atom is -0.351 e. The molecule has 0 saturated carbocycles. The van der Waals surface area contributed by atoms with Gasteiger partial charge in [-0.25, -0.2) is 4.98 Å². The van der Waals surface area contributed by atoms with Crippen LogP contribution < -0.4 is 4.90 Å². The monoisotopic (exact) mass is 345 g/mol. The van der Waals surface area contributed by atoms with E-state index in [1.165, 1.54) is 11.3 Å². The zero-order chi connectivity index (χ0) is 17.5. The van der Waals surface area contributed by atoms with Crippen LogP contribution >= 0.6 is 11.3 Å². The maximum Gasteiger partial charge on any atom is 0.265 e. The lowest BCUT2D eigenvalue weighted by Crippen LogP contribution is -2.60. The minimum absolute atomic E-state index is 0.00223. The van der Waals surface area contributed by atoms with Gasteiger partial charge in [-0.3, -0.25) is 4.79 Å². The topological polar surface area (TPSA) is 62.2 Å². The number of hydrogen-bond acceptors (Lipinski definition) is 6. The Balaban J connectivity index is 1.61. The van der Waals surface area contributed by atoms with Crippen LogP contribution in [0.4, 0.5) is 5.82 Å². The molecule has 1 aliphatic rings. The number of likely N-dealkylation sites (N-methyl/N-ethyl adjacent to an activating group) is 1. The van der Waals surface area contributed by atoms with E-state index >= 15 is 0 Å². The first kappa shape index (κ1) is 16.8. The van der Waals surface area contributed by atoms with Gasteiger partial charge >= 0.3 is 0 Å². The van der Waals surface area contributed by atoms with E-state index < -0.39 is 0 Å². The molecular weight excluding hydrogens is 322 g/mol. The summed E-state index contributed by atoms with van der Waals surface area (Å²) in [5, 5.41) is 8.67. The van der Waals surface area contributed by atoms with Crippen LogP contribution in [-0.2, 0) is 5.41 Å². The lowest BCUT2D eigenvalue weighted by Gasteiger charge is -2.44. The van der Waals surface area contributed by atoms with Crippen LogP contribution in [0.25, 0.3) is 0 Å². The van der Waals surface area contributed by atoms with Crippen molar-refractivity contribution in [2.75, 3.05) is 25.0 Å². The van der Waals surface area contributed by atoms with E-state index in [0.717, 1.165) is 35.2 Å². The van der Waals surface area contributed by atoms with Gasteiger partial charge in [-0.05, 0) is 19.1 Å². The van der Waals surface area contributed by atoms with Crippen LogP contribution in [-0.4, -0.2) is 52.2 Å². The van der Waals surface area contributed by atoms with E-state index in [1.807, 2.05) is 31.0 Å². The molecule has 0 N–H and O–H groups in total. The van der Waals surface area contributed by atoms with Gasteiger partial charge in [0.1, 0.15) is 4.88 Å². The van der Waals surface area contributed by atoms with Crippen LogP contribution in [0.5, 0.6) is 0 Å². The molecule has 128 valence electrons. The second-order valence-electron chi connectivity index (χ2n) is 7.27. The molecule has 0 radical (unpaired) electrons. The fourth-order valence-electron chi connectivity index (χ4n) is 2.61. The first-order valence-electron chi connectivity index (χ1n) is 8.04. The Morgan fingerprint density at radius 1 is 1.29 bits per heavy atom. The van der Waals surface area contributed by atoms with E-state index in [4.69, 9.17) is 0 Å². The smallest absolute Gasteiger partial charge is 0.265 e. The number of anilines is 1. The standard InChI is InChI=1S/C17H23N5OS/c1-11-15(24-10-18-11)16(23)21(5)12-8-22(9-12)14-7-6-13(19-20-14)17(2,3)4/h6-7,10,12H,8-9H2,1-5H3. The summed E-state index contributed by atoms with van der Waals surface area (Å²) in [6.07, 6.45) is 0. The third kappa shape index (κ3) is 3.13. The number of aryl methyl sites for hydroxylation is 1. The van der Waals surface area contributed by atoms with Crippen molar-refractivity contribution in [1.82, 2.24) is 20.1 Å². The molecule has 1 fully saturated rings. The van der Waals surface area contributed by atoms with Crippen molar-refractivity contribution in [3.8, 4) is 0 Å². The Bertz CT molecular complexity index is 728. The zero-order valence-corrected chi connectivity index (χ0v) is 15.6. The third-order valence-corrected chi connectivity index (χ3v) is 5.33. The van der Waals surface area contributed by atoms with Crippen molar-refractivity contribution in [2.24, 2.45) is 0 Å². The van der Waals surface area contributed by atoms with E-state index in [9.17, 15) is 4.79 Å². The molecule has 0 spiro atoms. The molecule has 2 aromatic rings. The minimum atomic E-state index is 0.00223. The Morgan fingerprint density at radius 3 is 2.50 bits per heavy atom. The quantitative estimate of drug-likeness (QED) is 0.855. The number of carbonyl (C=O) groups is 1. The van der Waals surface area contributed by atoms with Crippen molar-refractivity contribution in [3.05, 3.63) is 33.9 Å². The molecule has 0 aromatic carbocycles. The summed E-state index contributed by atoms with van der Waals surface area (Å²) in [5.41, 5.74) is 3.51. The number of rotatable bonds is 3. The normalized spacial score (nSPS) is 15.3. The fraction of sp³-hybridized carbons (Fsp3) is 0.529. The van der Waals surface area contributed by atoms with Crippen molar-refractivity contribution in [1.29, 1.82) is 0 Å². The molecule has 6 nitrogen and oxygen atoms in total. The summed E-state index contributed by atoms with van der Waals surface area (Å²) >= 11 is 1.40. The molecule has 3 rings (SSSR count). The molecule has 7 heteroatoms. The van der Waals surface area contributed by atoms with E-state index in [-0.39, 0.29) is 17.4 Å².